The van der Waals surface area contributed by atoms with E-state index in [0.717, 1.165) is 5.92 Å². The molecule has 0 N–H and O–H groups in total. The van der Waals surface area contributed by atoms with Crippen LogP contribution in [0.1, 0.15) is 26.7 Å². The first-order valence-electron chi connectivity index (χ1n) is 3.69. The van der Waals surface area contributed by atoms with Gasteiger partial charge in [-0.05, 0) is 18.8 Å². The van der Waals surface area contributed by atoms with Crippen molar-refractivity contribution >= 4 is 0 Å². The van der Waals surface area contributed by atoms with Crippen LogP contribution in [0.25, 0.3) is 0 Å². The minimum Gasteiger partial charge on any atom is -0.0814 e. The number of rotatable bonds is 1. The highest BCUT2D eigenvalue weighted by Gasteiger charge is 2.02. The summed E-state index contributed by atoms with van der Waals surface area (Å²) in [6, 6.07) is 0. The van der Waals surface area contributed by atoms with Crippen LogP contribution < -0.4 is 0 Å². The molecule has 0 spiro atoms. The Kier molecular flexibility index (Phi) is 2.10. The second-order valence-corrected chi connectivity index (χ2v) is 2.74. The van der Waals surface area contributed by atoms with Crippen molar-refractivity contribution in [2.45, 2.75) is 26.7 Å². The van der Waals surface area contributed by atoms with Gasteiger partial charge < -0.3 is 0 Å². The molecule has 0 aromatic heterocycles. The van der Waals surface area contributed by atoms with Crippen molar-refractivity contribution in [1.29, 1.82) is 0 Å². The van der Waals surface area contributed by atoms with Crippen molar-refractivity contribution < 1.29 is 0 Å². The van der Waals surface area contributed by atoms with E-state index in [1.807, 2.05) is 0 Å². The van der Waals surface area contributed by atoms with Gasteiger partial charge in [-0.3, -0.25) is 0 Å². The van der Waals surface area contributed by atoms with Gasteiger partial charge in [0, 0.05) is 0 Å². The van der Waals surface area contributed by atoms with Crippen molar-refractivity contribution in [3.63, 3.8) is 0 Å². The summed E-state index contributed by atoms with van der Waals surface area (Å²) in [6.45, 7) is 4.48. The van der Waals surface area contributed by atoms with E-state index in [1.165, 1.54) is 12.8 Å². The molecule has 0 aromatic carbocycles. The molecule has 0 aromatic rings. The summed E-state index contributed by atoms with van der Waals surface area (Å²) in [5.41, 5.74) is 1.59. The molecule has 0 aliphatic heterocycles. The molecule has 9 heavy (non-hydrogen) atoms. The zero-order valence-electron chi connectivity index (χ0n) is 6.22. The Morgan fingerprint density at radius 2 is 2.44 bits per heavy atom. The number of allylic oxidation sites excluding steroid dienone is 4. The topological polar surface area (TPSA) is 0 Å². The van der Waals surface area contributed by atoms with Gasteiger partial charge in [-0.2, -0.15) is 0 Å². The molecule has 0 bridgehead atoms. The first kappa shape index (κ1) is 6.60. The Morgan fingerprint density at radius 3 is 2.89 bits per heavy atom. The lowest BCUT2D eigenvalue weighted by Crippen LogP contribution is -1.95. The van der Waals surface area contributed by atoms with Crippen LogP contribution in [0.3, 0.4) is 0 Å². The Labute approximate surface area is 57.3 Å². The van der Waals surface area contributed by atoms with E-state index in [2.05, 4.69) is 32.1 Å². The fraction of sp³-hybridized carbons (Fsp3) is 0.556. The maximum absolute atomic E-state index is 2.26. The molecular weight excluding hydrogens is 108 g/mol. The van der Waals surface area contributed by atoms with Gasteiger partial charge in [0.1, 0.15) is 0 Å². The molecule has 1 aliphatic carbocycles. The van der Waals surface area contributed by atoms with Crippen LogP contribution in [-0.4, -0.2) is 0 Å². The van der Waals surface area contributed by atoms with Crippen molar-refractivity contribution in [3.8, 4) is 0 Å². The normalized spacial score (nSPS) is 26.0. The Balaban J connectivity index is 2.55. The second-order valence-electron chi connectivity index (χ2n) is 2.74. The minimum absolute atomic E-state index is 0.768. The highest BCUT2D eigenvalue weighted by atomic mass is 14.1. The zero-order valence-corrected chi connectivity index (χ0v) is 6.22. The van der Waals surface area contributed by atoms with Crippen molar-refractivity contribution in [1.82, 2.24) is 0 Å². The molecular formula is C9H14. The Hall–Kier alpha value is -0.520. The van der Waals surface area contributed by atoms with Crippen LogP contribution in [0.15, 0.2) is 23.8 Å². The lowest BCUT2D eigenvalue weighted by atomic mass is 9.95. The van der Waals surface area contributed by atoms with Gasteiger partial charge in [0.2, 0.25) is 0 Å². The van der Waals surface area contributed by atoms with E-state index in [1.54, 1.807) is 5.57 Å². The molecule has 0 amide bonds. The predicted molar refractivity (Wildman–Crippen MR) is 41.3 cm³/mol. The molecule has 1 atom stereocenters. The van der Waals surface area contributed by atoms with E-state index < -0.39 is 0 Å². The fourth-order valence-corrected chi connectivity index (χ4v) is 1.19. The quantitative estimate of drug-likeness (QED) is 0.501. The van der Waals surface area contributed by atoms with Crippen LogP contribution >= 0.6 is 0 Å². The van der Waals surface area contributed by atoms with E-state index in [4.69, 9.17) is 0 Å². The molecule has 1 rings (SSSR count). The lowest BCUT2D eigenvalue weighted by Gasteiger charge is -2.11. The third-order valence-corrected chi connectivity index (χ3v) is 1.81. The summed E-state index contributed by atoms with van der Waals surface area (Å²) < 4.78 is 0. The van der Waals surface area contributed by atoms with Gasteiger partial charge in [0.25, 0.3) is 0 Å². The van der Waals surface area contributed by atoms with Gasteiger partial charge in [-0.1, -0.05) is 37.6 Å². The summed E-state index contributed by atoms with van der Waals surface area (Å²) in [6.07, 6.45) is 9.16. The first-order valence-corrected chi connectivity index (χ1v) is 3.69. The lowest BCUT2D eigenvalue weighted by molar-refractivity contribution is 0.689. The van der Waals surface area contributed by atoms with Crippen LogP contribution in [0.2, 0.25) is 0 Å². The monoisotopic (exact) mass is 122 g/mol. The molecule has 0 nitrogen and oxygen atoms in total. The maximum atomic E-state index is 2.26. The average molecular weight is 122 g/mol. The highest BCUT2D eigenvalue weighted by Crippen LogP contribution is 2.19. The van der Waals surface area contributed by atoms with Crippen LogP contribution in [0.5, 0.6) is 0 Å². The highest BCUT2D eigenvalue weighted by molar-refractivity contribution is 5.18. The van der Waals surface area contributed by atoms with Crippen molar-refractivity contribution in [2.24, 2.45) is 5.92 Å². The van der Waals surface area contributed by atoms with Gasteiger partial charge in [0.15, 0.2) is 0 Å². The molecule has 0 radical (unpaired) electrons. The van der Waals surface area contributed by atoms with Gasteiger partial charge in [-0.15, -0.1) is 0 Å². The standard InChI is InChI=1S/C9H14/c1-3-9-6-4-5-8(2)7-9/h4-6,8H,3,7H2,1-2H3/t8-/m1/s1. The van der Waals surface area contributed by atoms with E-state index >= 15 is 0 Å². The maximum Gasteiger partial charge on any atom is -0.0221 e. The van der Waals surface area contributed by atoms with Gasteiger partial charge >= 0.3 is 0 Å². The molecule has 0 heterocycles. The van der Waals surface area contributed by atoms with Crippen LogP contribution in [0, 0.1) is 5.92 Å². The van der Waals surface area contributed by atoms with E-state index in [9.17, 15) is 0 Å². The van der Waals surface area contributed by atoms with Gasteiger partial charge in [0.05, 0.1) is 0 Å². The smallest absolute Gasteiger partial charge is 0.0221 e. The summed E-state index contributed by atoms with van der Waals surface area (Å²) in [7, 11) is 0. The molecule has 50 valence electrons. The fourth-order valence-electron chi connectivity index (χ4n) is 1.19. The van der Waals surface area contributed by atoms with E-state index in [-0.39, 0.29) is 0 Å². The average Bonchev–Trinajstić information content (AvgIpc) is 1.88. The Morgan fingerprint density at radius 1 is 1.67 bits per heavy atom. The molecule has 0 saturated carbocycles. The van der Waals surface area contributed by atoms with Crippen LogP contribution in [-0.2, 0) is 0 Å². The van der Waals surface area contributed by atoms with Crippen molar-refractivity contribution in [2.75, 3.05) is 0 Å². The summed E-state index contributed by atoms with van der Waals surface area (Å²) >= 11 is 0. The molecule has 0 unspecified atom stereocenters. The molecule has 0 fully saturated rings. The molecule has 1 aliphatic rings. The second kappa shape index (κ2) is 2.86. The molecule has 0 saturated heterocycles. The van der Waals surface area contributed by atoms with E-state index in [0.29, 0.717) is 0 Å². The predicted octanol–water partition coefficient (Wildman–Crippen LogP) is 2.92. The zero-order chi connectivity index (χ0) is 6.69. The minimum atomic E-state index is 0.768. The van der Waals surface area contributed by atoms with Gasteiger partial charge in [-0.25, -0.2) is 0 Å². The third kappa shape index (κ3) is 1.70. The van der Waals surface area contributed by atoms with Crippen molar-refractivity contribution in [3.05, 3.63) is 23.8 Å². The molecule has 0 heteroatoms. The number of hydrogen-bond acceptors (Lipinski definition) is 0. The summed E-state index contributed by atoms with van der Waals surface area (Å²) in [4.78, 5) is 0. The SMILES string of the molecule is CCC1=CC=C[C@@H](C)C1. The third-order valence-electron chi connectivity index (χ3n) is 1.81. The Bertz CT molecular complexity index is 140. The first-order chi connectivity index (χ1) is 4.33. The summed E-state index contributed by atoms with van der Waals surface area (Å²) in [5.74, 6) is 0.768. The summed E-state index contributed by atoms with van der Waals surface area (Å²) in [5, 5.41) is 0. The number of hydrogen-bond donors (Lipinski definition) is 0. The largest absolute Gasteiger partial charge is 0.0814 e. The van der Waals surface area contributed by atoms with Crippen LogP contribution in [0.4, 0.5) is 0 Å².